The number of phosphoric acid groups is 1. The molecule has 0 aromatic carbocycles. The molecule has 0 bridgehead atoms. The molecular formula is C14H32O4P2. The summed E-state index contributed by atoms with van der Waals surface area (Å²) in [6.45, 7) is 2.25. The van der Waals surface area contributed by atoms with Crippen molar-refractivity contribution in [1.29, 1.82) is 0 Å². The van der Waals surface area contributed by atoms with Gasteiger partial charge in [-0.05, 0) is 12.6 Å². The molecule has 0 saturated heterocycles. The van der Waals surface area contributed by atoms with Crippen molar-refractivity contribution in [3.05, 3.63) is 0 Å². The third-order valence-corrected chi connectivity index (χ3v) is 5.34. The molecule has 4 nitrogen and oxygen atoms in total. The molecule has 2 N–H and O–H groups in total. The van der Waals surface area contributed by atoms with E-state index in [0.717, 1.165) is 19.0 Å². The van der Waals surface area contributed by atoms with Gasteiger partial charge in [0.2, 0.25) is 0 Å². The normalized spacial score (nSPS) is 12.6. The first-order chi connectivity index (χ1) is 9.56. The van der Waals surface area contributed by atoms with Gasteiger partial charge in [0, 0.05) is 8.81 Å². The van der Waals surface area contributed by atoms with Crippen molar-refractivity contribution in [3.63, 3.8) is 0 Å². The Bertz CT molecular complexity index is 243. The van der Waals surface area contributed by atoms with Crippen LogP contribution < -0.4 is 0 Å². The summed E-state index contributed by atoms with van der Waals surface area (Å²) < 4.78 is 14.9. The molecule has 0 radical (unpaired) electrons. The lowest BCUT2D eigenvalue weighted by atomic mass is 10.1. The first-order valence-corrected chi connectivity index (χ1v) is 10.7. The van der Waals surface area contributed by atoms with E-state index in [4.69, 9.17) is 9.79 Å². The summed E-state index contributed by atoms with van der Waals surface area (Å²) in [5.74, 6) is 0. The van der Waals surface area contributed by atoms with Crippen molar-refractivity contribution >= 4 is 16.6 Å². The van der Waals surface area contributed by atoms with Crippen LogP contribution in [-0.4, -0.2) is 15.9 Å². The fourth-order valence-corrected chi connectivity index (χ4v) is 3.60. The molecule has 122 valence electrons. The van der Waals surface area contributed by atoms with Gasteiger partial charge in [-0.25, -0.2) is 4.57 Å². The van der Waals surface area contributed by atoms with E-state index >= 15 is 0 Å². The molecule has 20 heavy (non-hydrogen) atoms. The molecule has 6 heteroatoms. The van der Waals surface area contributed by atoms with Crippen LogP contribution in [0.3, 0.4) is 0 Å². The Hall–Kier alpha value is 0.540. The van der Waals surface area contributed by atoms with E-state index < -0.39 is 7.82 Å². The SMILES string of the molecule is CCCCCCCCCCCCCCPOP(=O)(O)O. The maximum absolute atomic E-state index is 10.4. The molecule has 0 heterocycles. The largest absolute Gasteiger partial charge is 0.472 e. The summed E-state index contributed by atoms with van der Waals surface area (Å²) in [7, 11) is -4.31. The zero-order valence-electron chi connectivity index (χ0n) is 12.9. The Kier molecular flexibility index (Phi) is 14.9. The van der Waals surface area contributed by atoms with E-state index in [1.807, 2.05) is 0 Å². The van der Waals surface area contributed by atoms with E-state index in [1.54, 1.807) is 0 Å². The summed E-state index contributed by atoms with van der Waals surface area (Å²) in [6, 6.07) is 0. The summed E-state index contributed by atoms with van der Waals surface area (Å²) in [4.78, 5) is 17.0. The van der Waals surface area contributed by atoms with Gasteiger partial charge in [-0.1, -0.05) is 77.6 Å². The number of hydrogen-bond donors (Lipinski definition) is 2. The maximum atomic E-state index is 10.4. The molecule has 0 aromatic heterocycles. The van der Waals surface area contributed by atoms with Crippen molar-refractivity contribution in [3.8, 4) is 0 Å². The smallest absolute Gasteiger partial charge is 0.302 e. The molecule has 0 fully saturated rings. The van der Waals surface area contributed by atoms with Gasteiger partial charge in [-0.15, -0.1) is 0 Å². The average molecular weight is 326 g/mol. The van der Waals surface area contributed by atoms with Crippen LogP contribution in [0.1, 0.15) is 84.0 Å². The predicted octanol–water partition coefficient (Wildman–Crippen LogP) is 5.39. The van der Waals surface area contributed by atoms with Gasteiger partial charge in [0.05, 0.1) is 0 Å². The van der Waals surface area contributed by atoms with Gasteiger partial charge in [-0.2, -0.15) is 0 Å². The van der Waals surface area contributed by atoms with E-state index in [9.17, 15) is 4.57 Å². The minimum Gasteiger partial charge on any atom is -0.302 e. The molecule has 1 atom stereocenters. The number of rotatable bonds is 15. The molecule has 0 spiro atoms. The highest BCUT2D eigenvalue weighted by Crippen LogP contribution is 2.43. The number of unbranched alkanes of at least 4 members (excludes halogenated alkanes) is 11. The van der Waals surface area contributed by atoms with Gasteiger partial charge in [0.15, 0.2) is 0 Å². The van der Waals surface area contributed by atoms with Crippen LogP contribution in [0.15, 0.2) is 0 Å². The zero-order chi connectivity index (χ0) is 15.1. The fraction of sp³-hybridized carbons (Fsp3) is 1.00. The second-order valence-electron chi connectivity index (χ2n) is 5.37. The third-order valence-electron chi connectivity index (χ3n) is 3.32. The highest BCUT2D eigenvalue weighted by atomic mass is 31.2. The molecular weight excluding hydrogens is 294 g/mol. The molecule has 0 aliphatic carbocycles. The summed E-state index contributed by atoms with van der Waals surface area (Å²) in [5, 5.41) is 0. The highest BCUT2D eigenvalue weighted by Gasteiger charge is 2.12. The second kappa shape index (κ2) is 14.5. The van der Waals surface area contributed by atoms with Crippen LogP contribution in [0.4, 0.5) is 0 Å². The first kappa shape index (κ1) is 20.5. The van der Waals surface area contributed by atoms with Crippen LogP contribution in [-0.2, 0) is 8.88 Å². The van der Waals surface area contributed by atoms with Gasteiger partial charge in [-0.3, -0.25) is 4.31 Å². The van der Waals surface area contributed by atoms with E-state index in [0.29, 0.717) is 0 Å². The Morgan fingerprint density at radius 1 is 0.800 bits per heavy atom. The Balaban J connectivity index is 3.01. The van der Waals surface area contributed by atoms with Crippen molar-refractivity contribution in [2.75, 3.05) is 6.16 Å². The van der Waals surface area contributed by atoms with Gasteiger partial charge in [0.1, 0.15) is 0 Å². The number of hydrogen-bond acceptors (Lipinski definition) is 2. The monoisotopic (exact) mass is 326 g/mol. The minimum atomic E-state index is -4.24. The Morgan fingerprint density at radius 3 is 1.60 bits per heavy atom. The first-order valence-electron chi connectivity index (χ1n) is 8.03. The lowest BCUT2D eigenvalue weighted by Gasteiger charge is -2.05. The topological polar surface area (TPSA) is 66.8 Å². The molecule has 0 saturated carbocycles. The maximum Gasteiger partial charge on any atom is 0.472 e. The Labute approximate surface area is 126 Å². The summed E-state index contributed by atoms with van der Waals surface area (Å²) >= 11 is 0. The van der Waals surface area contributed by atoms with Crippen LogP contribution in [0.25, 0.3) is 0 Å². The Morgan fingerprint density at radius 2 is 1.20 bits per heavy atom. The fourth-order valence-electron chi connectivity index (χ4n) is 2.17. The lowest BCUT2D eigenvalue weighted by molar-refractivity contribution is 0.295. The third kappa shape index (κ3) is 18.5. The molecule has 0 aromatic rings. The average Bonchev–Trinajstić information content (AvgIpc) is 2.38. The van der Waals surface area contributed by atoms with Crippen molar-refractivity contribution < 1.29 is 18.7 Å². The van der Waals surface area contributed by atoms with Crippen LogP contribution in [0.2, 0.25) is 0 Å². The van der Waals surface area contributed by atoms with Crippen LogP contribution in [0, 0.1) is 0 Å². The quantitative estimate of drug-likeness (QED) is 0.313. The van der Waals surface area contributed by atoms with Gasteiger partial charge >= 0.3 is 7.82 Å². The van der Waals surface area contributed by atoms with Gasteiger partial charge < -0.3 is 9.79 Å². The minimum absolute atomic E-state index is 0.0679. The van der Waals surface area contributed by atoms with Gasteiger partial charge in [0.25, 0.3) is 0 Å². The highest BCUT2D eigenvalue weighted by molar-refractivity contribution is 7.54. The summed E-state index contributed by atoms with van der Waals surface area (Å²) in [5.41, 5.74) is 0. The molecule has 0 aliphatic heterocycles. The summed E-state index contributed by atoms with van der Waals surface area (Å²) in [6.07, 6.45) is 16.4. The molecule has 1 unspecified atom stereocenters. The second-order valence-corrected chi connectivity index (χ2v) is 7.87. The predicted molar refractivity (Wildman–Crippen MR) is 87.4 cm³/mol. The lowest BCUT2D eigenvalue weighted by Crippen LogP contribution is -1.84. The van der Waals surface area contributed by atoms with Crippen molar-refractivity contribution in [1.82, 2.24) is 0 Å². The van der Waals surface area contributed by atoms with Crippen LogP contribution in [0.5, 0.6) is 0 Å². The molecule has 0 aliphatic rings. The zero-order valence-corrected chi connectivity index (χ0v) is 14.7. The van der Waals surface area contributed by atoms with Crippen molar-refractivity contribution in [2.45, 2.75) is 84.0 Å². The van der Waals surface area contributed by atoms with E-state index in [-0.39, 0.29) is 8.81 Å². The van der Waals surface area contributed by atoms with Crippen LogP contribution >= 0.6 is 16.6 Å². The van der Waals surface area contributed by atoms with E-state index in [2.05, 4.69) is 11.2 Å². The standard InChI is InChI=1S/C14H32O4P2/c1-2-3-4-5-6-7-8-9-10-11-12-13-14-19-18-20(15,16)17/h19H,2-14H2,1H3,(H2,15,16,17). The van der Waals surface area contributed by atoms with Crippen molar-refractivity contribution in [2.24, 2.45) is 0 Å². The molecule has 0 amide bonds. The molecule has 0 rings (SSSR count). The van der Waals surface area contributed by atoms with E-state index in [1.165, 1.54) is 64.2 Å².